The Bertz CT molecular complexity index is 415. The number of rotatable bonds is 1. The predicted octanol–water partition coefficient (Wildman–Crippen LogP) is 1.40. The zero-order valence-corrected chi connectivity index (χ0v) is 9.38. The summed E-state index contributed by atoms with van der Waals surface area (Å²) in [7, 11) is 0. The number of hydrogen-bond donors (Lipinski definition) is 1. The van der Waals surface area contributed by atoms with Crippen LogP contribution in [0.3, 0.4) is 0 Å². The first-order valence-electron chi connectivity index (χ1n) is 5.63. The van der Waals surface area contributed by atoms with E-state index in [2.05, 4.69) is 5.32 Å². The molecule has 92 valence electrons. The summed E-state index contributed by atoms with van der Waals surface area (Å²) in [4.78, 5) is 13.6. The first-order valence-corrected chi connectivity index (χ1v) is 5.63. The number of carbonyl (C=O) groups excluding carboxylic acids is 1. The molecule has 1 amide bonds. The molecule has 5 heteroatoms. The third kappa shape index (κ3) is 2.79. The molecule has 0 aliphatic carbocycles. The van der Waals surface area contributed by atoms with Gasteiger partial charge in [0, 0.05) is 25.7 Å². The van der Waals surface area contributed by atoms with E-state index in [1.165, 1.54) is 6.07 Å². The van der Waals surface area contributed by atoms with Crippen molar-refractivity contribution in [2.45, 2.75) is 6.42 Å². The SMILES string of the molecule is O=C(c1ccc(F)cc1F)N1CCCNCC1. The van der Waals surface area contributed by atoms with Gasteiger partial charge in [-0.2, -0.15) is 0 Å². The average Bonchev–Trinajstić information content (AvgIpc) is 2.56. The predicted molar refractivity (Wildman–Crippen MR) is 59.7 cm³/mol. The zero-order chi connectivity index (χ0) is 12.3. The van der Waals surface area contributed by atoms with Gasteiger partial charge in [-0.1, -0.05) is 0 Å². The van der Waals surface area contributed by atoms with E-state index in [1.54, 1.807) is 4.90 Å². The molecule has 0 radical (unpaired) electrons. The monoisotopic (exact) mass is 240 g/mol. The van der Waals surface area contributed by atoms with Crippen molar-refractivity contribution in [1.29, 1.82) is 0 Å². The van der Waals surface area contributed by atoms with E-state index in [4.69, 9.17) is 0 Å². The van der Waals surface area contributed by atoms with Gasteiger partial charge in [0.05, 0.1) is 5.56 Å². The summed E-state index contributed by atoms with van der Waals surface area (Å²) in [6.07, 6.45) is 0.842. The Morgan fingerprint density at radius 2 is 2.06 bits per heavy atom. The third-order valence-electron chi connectivity index (χ3n) is 2.79. The summed E-state index contributed by atoms with van der Waals surface area (Å²) in [5.41, 5.74) is -0.0618. The minimum atomic E-state index is -0.799. The Kier molecular flexibility index (Phi) is 3.68. The Hall–Kier alpha value is -1.49. The van der Waals surface area contributed by atoms with Crippen LogP contribution in [0, 0.1) is 11.6 Å². The second kappa shape index (κ2) is 5.23. The fourth-order valence-electron chi connectivity index (χ4n) is 1.88. The van der Waals surface area contributed by atoms with Crippen molar-refractivity contribution in [1.82, 2.24) is 10.2 Å². The van der Waals surface area contributed by atoms with E-state index in [1.807, 2.05) is 0 Å². The van der Waals surface area contributed by atoms with Crippen LogP contribution in [-0.2, 0) is 0 Å². The first kappa shape index (κ1) is 12.0. The lowest BCUT2D eigenvalue weighted by Gasteiger charge is -2.20. The van der Waals surface area contributed by atoms with Crippen LogP contribution in [0.1, 0.15) is 16.8 Å². The van der Waals surface area contributed by atoms with Crippen LogP contribution in [0.25, 0.3) is 0 Å². The molecule has 1 aromatic carbocycles. The van der Waals surface area contributed by atoms with Crippen LogP contribution in [0.2, 0.25) is 0 Å². The molecule has 1 N–H and O–H groups in total. The molecule has 1 aliphatic rings. The Labute approximate surface area is 98.4 Å². The summed E-state index contributed by atoms with van der Waals surface area (Å²) < 4.78 is 26.2. The summed E-state index contributed by atoms with van der Waals surface area (Å²) in [5, 5.41) is 3.16. The summed E-state index contributed by atoms with van der Waals surface area (Å²) in [6.45, 7) is 2.71. The van der Waals surface area contributed by atoms with Crippen molar-refractivity contribution in [3.05, 3.63) is 35.4 Å². The first-order chi connectivity index (χ1) is 8.18. The molecular formula is C12H14F2N2O. The van der Waals surface area contributed by atoms with Gasteiger partial charge in [-0.05, 0) is 25.1 Å². The van der Waals surface area contributed by atoms with Crippen molar-refractivity contribution < 1.29 is 13.6 Å². The van der Waals surface area contributed by atoms with E-state index in [0.717, 1.165) is 25.1 Å². The fraction of sp³-hybridized carbons (Fsp3) is 0.417. The Balaban J connectivity index is 2.17. The highest BCUT2D eigenvalue weighted by atomic mass is 19.1. The average molecular weight is 240 g/mol. The molecule has 0 spiro atoms. The van der Waals surface area contributed by atoms with Gasteiger partial charge in [-0.25, -0.2) is 8.78 Å². The lowest BCUT2D eigenvalue weighted by molar-refractivity contribution is 0.0761. The second-order valence-corrected chi connectivity index (χ2v) is 4.02. The van der Waals surface area contributed by atoms with Crippen molar-refractivity contribution in [2.24, 2.45) is 0 Å². The van der Waals surface area contributed by atoms with Crippen molar-refractivity contribution >= 4 is 5.91 Å². The minimum Gasteiger partial charge on any atom is -0.337 e. The smallest absolute Gasteiger partial charge is 0.256 e. The van der Waals surface area contributed by atoms with Gasteiger partial charge in [0.25, 0.3) is 5.91 Å². The van der Waals surface area contributed by atoms with E-state index < -0.39 is 11.6 Å². The van der Waals surface area contributed by atoms with Gasteiger partial charge in [0.15, 0.2) is 0 Å². The molecule has 2 rings (SSSR count). The lowest BCUT2D eigenvalue weighted by atomic mass is 10.1. The molecule has 0 aromatic heterocycles. The highest BCUT2D eigenvalue weighted by Crippen LogP contribution is 2.13. The molecule has 3 nitrogen and oxygen atoms in total. The maximum Gasteiger partial charge on any atom is 0.256 e. The van der Waals surface area contributed by atoms with Gasteiger partial charge in [0.1, 0.15) is 11.6 Å². The maximum absolute atomic E-state index is 13.5. The van der Waals surface area contributed by atoms with E-state index in [-0.39, 0.29) is 11.5 Å². The van der Waals surface area contributed by atoms with Crippen LogP contribution in [0.15, 0.2) is 18.2 Å². The highest BCUT2D eigenvalue weighted by molar-refractivity contribution is 5.94. The number of halogens is 2. The van der Waals surface area contributed by atoms with Gasteiger partial charge in [-0.15, -0.1) is 0 Å². The molecule has 1 fully saturated rings. The maximum atomic E-state index is 13.5. The van der Waals surface area contributed by atoms with Crippen LogP contribution in [0.5, 0.6) is 0 Å². The molecule has 1 aliphatic heterocycles. The summed E-state index contributed by atoms with van der Waals surface area (Å²) >= 11 is 0. The van der Waals surface area contributed by atoms with Gasteiger partial charge in [-0.3, -0.25) is 4.79 Å². The molecule has 1 saturated heterocycles. The number of carbonyl (C=O) groups is 1. The Morgan fingerprint density at radius 3 is 2.82 bits per heavy atom. The molecule has 0 bridgehead atoms. The Morgan fingerprint density at radius 1 is 1.24 bits per heavy atom. The zero-order valence-electron chi connectivity index (χ0n) is 9.38. The van der Waals surface area contributed by atoms with E-state index in [9.17, 15) is 13.6 Å². The summed E-state index contributed by atoms with van der Waals surface area (Å²) in [6, 6.07) is 3.04. The molecular weight excluding hydrogens is 226 g/mol. The van der Waals surface area contributed by atoms with Gasteiger partial charge < -0.3 is 10.2 Å². The van der Waals surface area contributed by atoms with Crippen molar-refractivity contribution in [3.8, 4) is 0 Å². The van der Waals surface area contributed by atoms with Crippen LogP contribution in [0.4, 0.5) is 8.78 Å². The van der Waals surface area contributed by atoms with E-state index in [0.29, 0.717) is 19.6 Å². The van der Waals surface area contributed by atoms with Gasteiger partial charge >= 0.3 is 0 Å². The van der Waals surface area contributed by atoms with Gasteiger partial charge in [0.2, 0.25) is 0 Å². The second-order valence-electron chi connectivity index (χ2n) is 4.02. The lowest BCUT2D eigenvalue weighted by Crippen LogP contribution is -2.34. The standard InChI is InChI=1S/C12H14F2N2O/c13-9-2-3-10(11(14)8-9)12(17)16-6-1-4-15-5-7-16/h2-3,8,15H,1,4-7H2. The minimum absolute atomic E-state index is 0.0618. The third-order valence-corrected chi connectivity index (χ3v) is 2.79. The van der Waals surface area contributed by atoms with Crippen molar-refractivity contribution in [3.63, 3.8) is 0 Å². The number of amides is 1. The molecule has 1 heterocycles. The molecule has 0 unspecified atom stereocenters. The fourth-order valence-corrected chi connectivity index (χ4v) is 1.88. The quantitative estimate of drug-likeness (QED) is 0.804. The van der Waals surface area contributed by atoms with Crippen molar-refractivity contribution in [2.75, 3.05) is 26.2 Å². The van der Waals surface area contributed by atoms with Crippen LogP contribution in [-0.4, -0.2) is 37.0 Å². The topological polar surface area (TPSA) is 32.3 Å². The molecule has 0 atom stereocenters. The number of nitrogens with one attached hydrogen (secondary N) is 1. The highest BCUT2D eigenvalue weighted by Gasteiger charge is 2.20. The number of nitrogens with zero attached hydrogens (tertiary/aromatic N) is 1. The summed E-state index contributed by atoms with van der Waals surface area (Å²) in [5.74, 6) is -1.84. The molecule has 0 saturated carbocycles. The molecule has 1 aromatic rings. The number of hydrogen-bond acceptors (Lipinski definition) is 2. The molecule has 17 heavy (non-hydrogen) atoms. The number of benzene rings is 1. The van der Waals surface area contributed by atoms with E-state index >= 15 is 0 Å². The van der Waals surface area contributed by atoms with Crippen LogP contribution >= 0.6 is 0 Å². The largest absolute Gasteiger partial charge is 0.337 e. The van der Waals surface area contributed by atoms with Crippen LogP contribution < -0.4 is 5.32 Å². The normalized spacial score (nSPS) is 16.7.